The number of halogens is 1. The molecule has 0 bridgehead atoms. The molecular formula is C22H31IN4. The molecule has 0 amide bonds. The van der Waals surface area contributed by atoms with Gasteiger partial charge < -0.3 is 10.7 Å². The highest BCUT2D eigenvalue weighted by atomic mass is 127. The number of nitrogens with one attached hydrogen (secondary N) is 2. The van der Waals surface area contributed by atoms with Crippen LogP contribution < -0.4 is 5.32 Å². The second-order valence-corrected chi connectivity index (χ2v) is 7.10. The lowest BCUT2D eigenvalue weighted by molar-refractivity contribution is 0.779. The van der Waals surface area contributed by atoms with E-state index in [0.29, 0.717) is 11.8 Å². The van der Waals surface area contributed by atoms with Gasteiger partial charge in [0.05, 0.1) is 5.52 Å². The summed E-state index contributed by atoms with van der Waals surface area (Å²) in [6.07, 6.45) is 3.51. The van der Waals surface area contributed by atoms with Gasteiger partial charge in [0.15, 0.2) is 0 Å². The minimum absolute atomic E-state index is 0. The Morgan fingerprint density at radius 1 is 1.00 bits per heavy atom. The zero-order valence-corrected chi connectivity index (χ0v) is 19.4. The molecule has 2 aromatic carbocycles. The molecule has 0 fully saturated rings. The summed E-state index contributed by atoms with van der Waals surface area (Å²) in [6, 6.07) is 12.4. The van der Waals surface area contributed by atoms with E-state index >= 15 is 0 Å². The molecule has 3 rings (SSSR count). The van der Waals surface area contributed by atoms with Crippen molar-refractivity contribution in [2.24, 2.45) is 7.05 Å². The van der Waals surface area contributed by atoms with E-state index in [1.807, 2.05) is 30.9 Å². The van der Waals surface area contributed by atoms with Crippen molar-refractivity contribution in [3.05, 3.63) is 59.3 Å². The fourth-order valence-electron chi connectivity index (χ4n) is 3.15. The maximum Gasteiger partial charge on any atom is 0.0926 e. The predicted molar refractivity (Wildman–Crippen MR) is 128 cm³/mol. The number of aryl methyl sites for hydroxylation is 1. The highest BCUT2D eigenvalue weighted by Gasteiger charge is 2.08. The second kappa shape index (κ2) is 10.4. The summed E-state index contributed by atoms with van der Waals surface area (Å²) in [5.41, 5.74) is 5.72. The van der Waals surface area contributed by atoms with Crippen LogP contribution >= 0.6 is 24.0 Å². The largest absolute Gasteiger partial charge is 0.388 e. The van der Waals surface area contributed by atoms with E-state index in [-0.39, 0.29) is 24.0 Å². The van der Waals surface area contributed by atoms with Gasteiger partial charge in [-0.15, -0.1) is 24.0 Å². The molecule has 1 aromatic heterocycles. The van der Waals surface area contributed by atoms with Gasteiger partial charge in [-0.1, -0.05) is 52.0 Å². The molecule has 0 unspecified atom stereocenters. The number of nitrogens with zero attached hydrogens (tertiary/aromatic N) is 2. The van der Waals surface area contributed by atoms with Gasteiger partial charge in [0, 0.05) is 43.1 Å². The monoisotopic (exact) mass is 478 g/mol. The summed E-state index contributed by atoms with van der Waals surface area (Å²) in [5.74, 6) is 1.03. The van der Waals surface area contributed by atoms with E-state index in [9.17, 15) is 0 Å². The first-order valence-corrected chi connectivity index (χ1v) is 9.12. The van der Waals surface area contributed by atoms with Gasteiger partial charge in [0.25, 0.3) is 0 Å². The number of hydrogen-bond donors (Lipinski definition) is 2. The van der Waals surface area contributed by atoms with Crippen LogP contribution in [0.15, 0.2) is 42.6 Å². The number of hydrogen-bond acceptors (Lipinski definition) is 3. The lowest BCUT2D eigenvalue weighted by Crippen LogP contribution is -2.00. The van der Waals surface area contributed by atoms with Gasteiger partial charge in [-0.25, -0.2) is 0 Å². The van der Waals surface area contributed by atoms with Crippen LogP contribution in [-0.2, 0) is 7.05 Å². The normalized spacial score (nSPS) is 10.4. The molecule has 0 saturated heterocycles. The Bertz CT molecular complexity index is 881. The van der Waals surface area contributed by atoms with E-state index in [1.165, 1.54) is 22.7 Å². The van der Waals surface area contributed by atoms with E-state index in [1.54, 1.807) is 0 Å². The van der Waals surface area contributed by atoms with Crippen molar-refractivity contribution in [1.29, 1.82) is 5.41 Å². The molecule has 27 heavy (non-hydrogen) atoms. The first kappa shape index (κ1) is 23.1. The molecule has 146 valence electrons. The van der Waals surface area contributed by atoms with Crippen LogP contribution in [0.5, 0.6) is 0 Å². The molecule has 1 heterocycles. The van der Waals surface area contributed by atoms with E-state index in [4.69, 9.17) is 5.41 Å². The summed E-state index contributed by atoms with van der Waals surface area (Å²) >= 11 is 0. The molecule has 0 spiro atoms. The second-order valence-electron chi connectivity index (χ2n) is 7.10. The molecule has 2 N–H and O–H groups in total. The van der Waals surface area contributed by atoms with Gasteiger partial charge in [0.2, 0.25) is 0 Å². The average molecular weight is 478 g/mol. The third-order valence-corrected chi connectivity index (χ3v) is 4.50. The molecule has 0 aliphatic carbocycles. The zero-order chi connectivity index (χ0) is 19.3. The SMILES string of the molecule is CC(C)c1cccc2nn(C)cc12.CNc1cccc(C(C)C)c1C=N.I. The van der Waals surface area contributed by atoms with Crippen LogP contribution in [-0.4, -0.2) is 23.0 Å². The van der Waals surface area contributed by atoms with Crippen LogP contribution in [0.2, 0.25) is 0 Å². The van der Waals surface area contributed by atoms with E-state index in [0.717, 1.165) is 16.8 Å². The fourth-order valence-corrected chi connectivity index (χ4v) is 3.15. The van der Waals surface area contributed by atoms with Gasteiger partial charge in [0.1, 0.15) is 0 Å². The highest BCUT2D eigenvalue weighted by molar-refractivity contribution is 14.0. The van der Waals surface area contributed by atoms with E-state index < -0.39 is 0 Å². The maximum absolute atomic E-state index is 7.36. The molecule has 4 nitrogen and oxygen atoms in total. The Kier molecular flexibility index (Phi) is 8.96. The number of benzene rings is 2. The van der Waals surface area contributed by atoms with Crippen molar-refractivity contribution >= 4 is 46.8 Å². The third-order valence-electron chi connectivity index (χ3n) is 4.50. The quantitative estimate of drug-likeness (QED) is 0.348. The summed E-state index contributed by atoms with van der Waals surface area (Å²) in [6.45, 7) is 8.70. The van der Waals surface area contributed by atoms with Crippen molar-refractivity contribution in [2.45, 2.75) is 39.5 Å². The van der Waals surface area contributed by atoms with Crippen molar-refractivity contribution < 1.29 is 0 Å². The molecule has 0 saturated carbocycles. The smallest absolute Gasteiger partial charge is 0.0926 e. The van der Waals surface area contributed by atoms with Crippen LogP contribution in [0.25, 0.3) is 10.9 Å². The summed E-state index contributed by atoms with van der Waals surface area (Å²) < 4.78 is 1.87. The van der Waals surface area contributed by atoms with Crippen molar-refractivity contribution in [3.63, 3.8) is 0 Å². The molecule has 5 heteroatoms. The summed E-state index contributed by atoms with van der Waals surface area (Å²) in [5, 5.41) is 16.1. The van der Waals surface area contributed by atoms with Gasteiger partial charge in [-0.05, 0) is 35.1 Å². The Morgan fingerprint density at radius 3 is 2.15 bits per heavy atom. The zero-order valence-electron chi connectivity index (χ0n) is 17.1. The van der Waals surface area contributed by atoms with Crippen LogP contribution in [0.3, 0.4) is 0 Å². The number of aromatic nitrogens is 2. The van der Waals surface area contributed by atoms with Gasteiger partial charge in [-0.3, -0.25) is 4.68 Å². The van der Waals surface area contributed by atoms with Crippen LogP contribution in [0.1, 0.15) is 56.2 Å². The number of anilines is 1. The van der Waals surface area contributed by atoms with Gasteiger partial charge in [-0.2, -0.15) is 5.10 Å². The molecular weight excluding hydrogens is 447 g/mol. The molecule has 3 aromatic rings. The first-order chi connectivity index (χ1) is 12.4. The minimum atomic E-state index is 0. The van der Waals surface area contributed by atoms with Crippen LogP contribution in [0, 0.1) is 5.41 Å². The standard InChI is InChI=1S/C11H14N2.C11H16N2.HI/c1-8(2)9-5-4-6-11-10(9)7-13(3)12-11;1-8(2)9-5-4-6-11(13-3)10(9)7-12;/h4-8H,1-3H3;4-8,12-13H,1-3H3;1H. The molecule has 0 aliphatic rings. The third kappa shape index (κ3) is 5.54. The highest BCUT2D eigenvalue weighted by Crippen LogP contribution is 2.24. The van der Waals surface area contributed by atoms with Crippen molar-refractivity contribution in [3.8, 4) is 0 Å². The minimum Gasteiger partial charge on any atom is -0.388 e. The predicted octanol–water partition coefficient (Wildman–Crippen LogP) is 6.16. The number of rotatable bonds is 4. The van der Waals surface area contributed by atoms with Crippen LogP contribution in [0.4, 0.5) is 5.69 Å². The fraction of sp³-hybridized carbons (Fsp3) is 0.364. The van der Waals surface area contributed by atoms with E-state index in [2.05, 4.69) is 68.6 Å². The Hall–Kier alpha value is -1.89. The summed E-state index contributed by atoms with van der Waals surface area (Å²) in [7, 11) is 3.84. The van der Waals surface area contributed by atoms with Crippen molar-refractivity contribution in [1.82, 2.24) is 9.78 Å². The Labute approximate surface area is 179 Å². The molecule has 0 aliphatic heterocycles. The first-order valence-electron chi connectivity index (χ1n) is 9.12. The average Bonchev–Trinajstić information content (AvgIpc) is 3.01. The molecule has 0 radical (unpaired) electrons. The Morgan fingerprint density at radius 2 is 1.59 bits per heavy atom. The lowest BCUT2D eigenvalue weighted by atomic mass is 9.96. The number of fused-ring (bicyclic) bond motifs is 1. The maximum atomic E-state index is 7.36. The topological polar surface area (TPSA) is 53.7 Å². The molecule has 0 atom stereocenters. The summed E-state index contributed by atoms with van der Waals surface area (Å²) in [4.78, 5) is 0. The lowest BCUT2D eigenvalue weighted by Gasteiger charge is -2.13. The van der Waals surface area contributed by atoms with Crippen molar-refractivity contribution in [2.75, 3.05) is 12.4 Å². The van der Waals surface area contributed by atoms with Gasteiger partial charge >= 0.3 is 0 Å². The Balaban J connectivity index is 0.000000260.